The van der Waals surface area contributed by atoms with Gasteiger partial charge in [0.05, 0.1) is 18.3 Å². The number of aromatic nitrogens is 2. The number of amides is 1. The first-order valence-electron chi connectivity index (χ1n) is 8.74. The zero-order valence-electron chi connectivity index (χ0n) is 15.3. The van der Waals surface area contributed by atoms with Crippen LogP contribution in [0, 0.1) is 6.92 Å². The van der Waals surface area contributed by atoms with Crippen molar-refractivity contribution in [2.45, 2.75) is 26.8 Å². The molecule has 0 fully saturated rings. The molecule has 3 aromatic rings. The molecule has 1 atom stereocenters. The molecule has 0 radical (unpaired) electrons. The van der Waals surface area contributed by atoms with E-state index in [1.54, 1.807) is 10.7 Å². The lowest BCUT2D eigenvalue weighted by Crippen LogP contribution is -2.27. The number of ether oxygens (including phenoxy) is 1. The topological polar surface area (TPSA) is 56.1 Å². The van der Waals surface area contributed by atoms with E-state index in [0.29, 0.717) is 12.3 Å². The third-order valence-corrected chi connectivity index (χ3v) is 4.14. The Kier molecular flexibility index (Phi) is 5.37. The predicted octanol–water partition coefficient (Wildman–Crippen LogP) is 4.07. The fourth-order valence-corrected chi connectivity index (χ4v) is 2.81. The van der Waals surface area contributed by atoms with Gasteiger partial charge in [-0.1, -0.05) is 30.3 Å². The van der Waals surface area contributed by atoms with Crippen molar-refractivity contribution in [1.82, 2.24) is 15.1 Å². The second-order valence-electron chi connectivity index (χ2n) is 6.12. The van der Waals surface area contributed by atoms with Crippen LogP contribution in [0.3, 0.4) is 0 Å². The molecule has 0 saturated heterocycles. The molecule has 26 heavy (non-hydrogen) atoms. The van der Waals surface area contributed by atoms with Gasteiger partial charge in [-0.3, -0.25) is 4.79 Å². The minimum absolute atomic E-state index is 0.148. The summed E-state index contributed by atoms with van der Waals surface area (Å²) in [6.07, 6.45) is 0. The summed E-state index contributed by atoms with van der Waals surface area (Å²) < 4.78 is 7.30. The number of carbonyl (C=O) groups excluding carboxylic acids is 1. The maximum atomic E-state index is 12.6. The molecule has 0 spiro atoms. The molecule has 5 heteroatoms. The van der Waals surface area contributed by atoms with Gasteiger partial charge in [-0.05, 0) is 56.7 Å². The zero-order valence-corrected chi connectivity index (χ0v) is 15.3. The molecule has 0 bridgehead atoms. The highest BCUT2D eigenvalue weighted by atomic mass is 16.5. The van der Waals surface area contributed by atoms with E-state index in [9.17, 15) is 4.79 Å². The number of hydrogen-bond acceptors (Lipinski definition) is 3. The van der Waals surface area contributed by atoms with Crippen molar-refractivity contribution in [2.75, 3.05) is 6.61 Å². The first-order chi connectivity index (χ1) is 12.6. The van der Waals surface area contributed by atoms with Crippen molar-refractivity contribution in [2.24, 2.45) is 0 Å². The number of aryl methyl sites for hydroxylation is 1. The number of carbonyl (C=O) groups is 1. The van der Waals surface area contributed by atoms with E-state index >= 15 is 0 Å². The highest BCUT2D eigenvalue weighted by Gasteiger charge is 2.16. The Balaban J connectivity index is 1.75. The summed E-state index contributed by atoms with van der Waals surface area (Å²) in [7, 11) is 0. The largest absolute Gasteiger partial charge is 0.494 e. The summed E-state index contributed by atoms with van der Waals surface area (Å²) in [5, 5.41) is 7.46. The number of nitrogens with one attached hydrogen (secondary N) is 1. The molecule has 1 N–H and O–H groups in total. The first kappa shape index (κ1) is 17.7. The molecule has 0 aliphatic carbocycles. The molecular weight excluding hydrogens is 326 g/mol. The van der Waals surface area contributed by atoms with Gasteiger partial charge >= 0.3 is 0 Å². The summed E-state index contributed by atoms with van der Waals surface area (Å²) in [6.45, 7) is 6.44. The van der Waals surface area contributed by atoms with Gasteiger partial charge < -0.3 is 10.1 Å². The number of hydrogen-bond donors (Lipinski definition) is 1. The van der Waals surface area contributed by atoms with Crippen molar-refractivity contribution in [1.29, 1.82) is 0 Å². The van der Waals surface area contributed by atoms with Crippen LogP contribution in [0.4, 0.5) is 0 Å². The third kappa shape index (κ3) is 3.94. The Morgan fingerprint density at radius 1 is 1.15 bits per heavy atom. The average Bonchev–Trinajstić information content (AvgIpc) is 3.05. The number of para-hydroxylation sites is 1. The molecule has 0 aliphatic rings. The van der Waals surface area contributed by atoms with Crippen molar-refractivity contribution in [3.8, 4) is 11.4 Å². The van der Waals surface area contributed by atoms with Crippen LogP contribution in [0.2, 0.25) is 0 Å². The van der Waals surface area contributed by atoms with E-state index in [2.05, 4.69) is 10.4 Å². The van der Waals surface area contributed by atoms with Gasteiger partial charge in [-0.15, -0.1) is 0 Å². The molecule has 1 unspecified atom stereocenters. The van der Waals surface area contributed by atoms with Crippen LogP contribution in [0.1, 0.15) is 41.6 Å². The molecule has 0 aliphatic heterocycles. The summed E-state index contributed by atoms with van der Waals surface area (Å²) in [5.74, 6) is 0.604. The van der Waals surface area contributed by atoms with E-state index in [0.717, 1.165) is 22.7 Å². The van der Waals surface area contributed by atoms with Crippen molar-refractivity contribution in [3.05, 3.63) is 77.6 Å². The van der Waals surface area contributed by atoms with Crippen molar-refractivity contribution < 1.29 is 9.53 Å². The summed E-state index contributed by atoms with van der Waals surface area (Å²) in [4.78, 5) is 12.6. The standard InChI is InChI=1S/C21H23N3O2/c1-4-26-19-12-8-9-17(14-19)16(3)22-21(25)20-13-15(2)24(23-20)18-10-6-5-7-11-18/h5-14,16H,4H2,1-3H3,(H,22,25). The number of nitrogens with zero attached hydrogens (tertiary/aromatic N) is 2. The van der Waals surface area contributed by atoms with Crippen molar-refractivity contribution >= 4 is 5.91 Å². The lowest BCUT2D eigenvalue weighted by atomic mass is 10.1. The fourth-order valence-electron chi connectivity index (χ4n) is 2.81. The molecule has 5 nitrogen and oxygen atoms in total. The molecule has 2 aromatic carbocycles. The van der Waals surface area contributed by atoms with Crippen molar-refractivity contribution in [3.63, 3.8) is 0 Å². The molecule has 3 rings (SSSR count). The van der Waals surface area contributed by atoms with Gasteiger partial charge in [0.15, 0.2) is 5.69 Å². The van der Waals surface area contributed by atoms with Crippen LogP contribution in [-0.2, 0) is 0 Å². The van der Waals surface area contributed by atoms with Gasteiger partial charge in [0.1, 0.15) is 5.75 Å². The second-order valence-corrected chi connectivity index (χ2v) is 6.12. The van der Waals surface area contributed by atoms with E-state index in [-0.39, 0.29) is 11.9 Å². The summed E-state index contributed by atoms with van der Waals surface area (Å²) in [5.41, 5.74) is 3.23. The smallest absolute Gasteiger partial charge is 0.272 e. The molecular formula is C21H23N3O2. The normalized spacial score (nSPS) is 11.8. The maximum absolute atomic E-state index is 12.6. The zero-order chi connectivity index (χ0) is 18.5. The van der Waals surface area contributed by atoms with Crippen LogP contribution >= 0.6 is 0 Å². The van der Waals surface area contributed by atoms with Crippen LogP contribution in [0.15, 0.2) is 60.7 Å². The molecule has 1 heterocycles. The first-order valence-corrected chi connectivity index (χ1v) is 8.74. The SMILES string of the molecule is CCOc1cccc(C(C)NC(=O)c2cc(C)n(-c3ccccc3)n2)c1. The summed E-state index contributed by atoms with van der Waals surface area (Å²) >= 11 is 0. The van der Waals surface area contributed by atoms with E-state index in [4.69, 9.17) is 4.74 Å². The van der Waals surface area contributed by atoms with Crippen LogP contribution in [0.5, 0.6) is 5.75 Å². The third-order valence-electron chi connectivity index (χ3n) is 4.14. The van der Waals surface area contributed by atoms with Gasteiger partial charge in [0.2, 0.25) is 0 Å². The second kappa shape index (κ2) is 7.87. The Labute approximate surface area is 153 Å². The van der Waals surface area contributed by atoms with Gasteiger partial charge in [0, 0.05) is 5.69 Å². The quantitative estimate of drug-likeness (QED) is 0.730. The highest BCUT2D eigenvalue weighted by molar-refractivity contribution is 5.92. The lowest BCUT2D eigenvalue weighted by Gasteiger charge is -2.14. The monoisotopic (exact) mass is 349 g/mol. The van der Waals surface area contributed by atoms with Crippen LogP contribution in [0.25, 0.3) is 5.69 Å². The van der Waals surface area contributed by atoms with Gasteiger partial charge in [0.25, 0.3) is 5.91 Å². The Morgan fingerprint density at radius 2 is 1.92 bits per heavy atom. The highest BCUT2D eigenvalue weighted by Crippen LogP contribution is 2.20. The predicted molar refractivity (Wildman–Crippen MR) is 102 cm³/mol. The Hall–Kier alpha value is -3.08. The van der Waals surface area contributed by atoms with E-state index in [1.165, 1.54) is 0 Å². The van der Waals surface area contributed by atoms with Gasteiger partial charge in [-0.25, -0.2) is 4.68 Å². The maximum Gasteiger partial charge on any atom is 0.272 e. The van der Waals surface area contributed by atoms with Crippen LogP contribution in [-0.4, -0.2) is 22.3 Å². The molecule has 134 valence electrons. The number of rotatable bonds is 6. The van der Waals surface area contributed by atoms with Crippen LogP contribution < -0.4 is 10.1 Å². The Bertz CT molecular complexity index is 887. The minimum atomic E-state index is -0.197. The summed E-state index contributed by atoms with van der Waals surface area (Å²) in [6, 6.07) is 19.2. The fraction of sp³-hybridized carbons (Fsp3) is 0.238. The average molecular weight is 349 g/mol. The molecule has 0 saturated carbocycles. The lowest BCUT2D eigenvalue weighted by molar-refractivity contribution is 0.0934. The number of benzene rings is 2. The molecule has 1 amide bonds. The van der Waals surface area contributed by atoms with E-state index in [1.807, 2.05) is 75.4 Å². The minimum Gasteiger partial charge on any atom is -0.494 e. The Morgan fingerprint density at radius 3 is 2.65 bits per heavy atom. The van der Waals surface area contributed by atoms with Gasteiger partial charge in [-0.2, -0.15) is 5.10 Å². The van der Waals surface area contributed by atoms with E-state index < -0.39 is 0 Å². The molecule has 1 aromatic heterocycles.